The Morgan fingerprint density at radius 1 is 0.917 bits per heavy atom. The largest absolute Gasteiger partial charge is 0.329 e. The van der Waals surface area contributed by atoms with Crippen LogP contribution in [-0.2, 0) is 9.59 Å². The molecular weight excluding hydrogens is 396 g/mol. The topological polar surface area (TPSA) is 70.6 Å². The van der Waals surface area contributed by atoms with Gasteiger partial charge in [0.05, 0.1) is 27.0 Å². The number of benzene rings is 2. The average Bonchev–Trinajstić information content (AvgIpc) is 2.53. The summed E-state index contributed by atoms with van der Waals surface area (Å²) in [6.45, 7) is 0. The Balaban J connectivity index is 2.01. The van der Waals surface area contributed by atoms with E-state index in [1.807, 2.05) is 0 Å². The SMILES string of the molecule is O=C(N/N=C/c1c(Cl)cccc1Cl)C(=O)Nc1cc(Cl)ccc1Cl. The molecule has 0 radical (unpaired) electrons. The van der Waals surface area contributed by atoms with Gasteiger partial charge in [-0.25, -0.2) is 5.43 Å². The van der Waals surface area contributed by atoms with Crippen molar-refractivity contribution in [2.24, 2.45) is 5.10 Å². The summed E-state index contributed by atoms with van der Waals surface area (Å²) in [5.41, 5.74) is 2.69. The summed E-state index contributed by atoms with van der Waals surface area (Å²) in [7, 11) is 0. The van der Waals surface area contributed by atoms with Crippen LogP contribution < -0.4 is 10.7 Å². The number of anilines is 1. The normalized spacial score (nSPS) is 10.7. The standard InChI is InChI=1S/C15H9Cl4N3O2/c16-8-4-5-12(19)13(6-8)21-14(23)15(24)22-20-7-9-10(17)2-1-3-11(9)18/h1-7H,(H,21,23)(H,22,24)/b20-7+. The van der Waals surface area contributed by atoms with Gasteiger partial charge >= 0.3 is 11.8 Å². The van der Waals surface area contributed by atoms with Crippen molar-refractivity contribution in [1.82, 2.24) is 5.43 Å². The van der Waals surface area contributed by atoms with Crippen molar-refractivity contribution in [2.45, 2.75) is 0 Å². The van der Waals surface area contributed by atoms with Crippen molar-refractivity contribution < 1.29 is 9.59 Å². The molecule has 0 aromatic heterocycles. The maximum atomic E-state index is 11.8. The minimum absolute atomic E-state index is 0.211. The molecule has 0 unspecified atom stereocenters. The van der Waals surface area contributed by atoms with Crippen LogP contribution in [0.4, 0.5) is 5.69 Å². The Kier molecular flexibility index (Phi) is 6.45. The molecule has 0 atom stereocenters. The molecule has 0 saturated heterocycles. The van der Waals surface area contributed by atoms with Crippen molar-refractivity contribution in [3.05, 3.63) is 62.1 Å². The Morgan fingerprint density at radius 3 is 2.25 bits per heavy atom. The van der Waals surface area contributed by atoms with Gasteiger partial charge in [0.15, 0.2) is 0 Å². The lowest BCUT2D eigenvalue weighted by Gasteiger charge is -2.06. The van der Waals surface area contributed by atoms with E-state index in [4.69, 9.17) is 46.4 Å². The van der Waals surface area contributed by atoms with Gasteiger partial charge in [-0.1, -0.05) is 52.5 Å². The van der Waals surface area contributed by atoms with Crippen molar-refractivity contribution in [2.75, 3.05) is 5.32 Å². The van der Waals surface area contributed by atoms with Gasteiger partial charge in [-0.2, -0.15) is 5.10 Å². The molecule has 24 heavy (non-hydrogen) atoms. The van der Waals surface area contributed by atoms with Crippen molar-refractivity contribution >= 4 is 70.1 Å². The molecule has 2 aromatic carbocycles. The fraction of sp³-hybridized carbons (Fsp3) is 0. The number of nitrogens with zero attached hydrogens (tertiary/aromatic N) is 1. The zero-order chi connectivity index (χ0) is 17.7. The Hall–Kier alpha value is -1.79. The lowest BCUT2D eigenvalue weighted by Crippen LogP contribution is -2.32. The van der Waals surface area contributed by atoms with E-state index in [2.05, 4.69) is 15.8 Å². The highest BCUT2D eigenvalue weighted by atomic mass is 35.5. The molecule has 2 amide bonds. The van der Waals surface area contributed by atoms with Crippen LogP contribution in [0.2, 0.25) is 20.1 Å². The van der Waals surface area contributed by atoms with Crippen LogP contribution in [0.1, 0.15) is 5.56 Å². The van der Waals surface area contributed by atoms with Crippen LogP contribution in [0.3, 0.4) is 0 Å². The quantitative estimate of drug-likeness (QED) is 0.452. The summed E-state index contributed by atoms with van der Waals surface area (Å²) in [4.78, 5) is 23.5. The van der Waals surface area contributed by atoms with Gasteiger partial charge < -0.3 is 5.32 Å². The highest BCUT2D eigenvalue weighted by Gasteiger charge is 2.15. The Morgan fingerprint density at radius 2 is 1.58 bits per heavy atom. The van der Waals surface area contributed by atoms with Crippen LogP contribution in [0, 0.1) is 0 Å². The second-order valence-corrected chi connectivity index (χ2v) is 6.07. The first-order valence-corrected chi connectivity index (χ1v) is 7.93. The summed E-state index contributed by atoms with van der Waals surface area (Å²) in [6, 6.07) is 9.37. The molecule has 0 aliphatic heterocycles. The molecule has 0 saturated carbocycles. The lowest BCUT2D eigenvalue weighted by atomic mass is 10.2. The third-order valence-corrected chi connectivity index (χ3v) is 3.97. The zero-order valence-electron chi connectivity index (χ0n) is 11.8. The van der Waals surface area contributed by atoms with E-state index in [9.17, 15) is 9.59 Å². The van der Waals surface area contributed by atoms with E-state index >= 15 is 0 Å². The maximum Gasteiger partial charge on any atom is 0.329 e. The highest BCUT2D eigenvalue weighted by molar-refractivity contribution is 6.42. The number of nitrogens with one attached hydrogen (secondary N) is 2. The van der Waals surface area contributed by atoms with Gasteiger partial charge in [0, 0.05) is 10.6 Å². The van der Waals surface area contributed by atoms with Gasteiger partial charge in [-0.05, 0) is 30.3 Å². The number of hydrogen-bond acceptors (Lipinski definition) is 3. The fourth-order valence-corrected chi connectivity index (χ4v) is 2.44. The molecule has 0 aliphatic rings. The van der Waals surface area contributed by atoms with Gasteiger partial charge in [0.25, 0.3) is 0 Å². The minimum Gasteiger partial charge on any atom is -0.316 e. The number of rotatable bonds is 3. The molecule has 0 fully saturated rings. The molecule has 9 heteroatoms. The van der Waals surface area contributed by atoms with Crippen LogP contribution in [-0.4, -0.2) is 18.0 Å². The van der Waals surface area contributed by atoms with Gasteiger partial charge in [0.2, 0.25) is 0 Å². The number of hydrogen-bond donors (Lipinski definition) is 2. The van der Waals surface area contributed by atoms with Gasteiger partial charge in [-0.3, -0.25) is 9.59 Å². The molecule has 0 spiro atoms. The van der Waals surface area contributed by atoms with E-state index in [0.717, 1.165) is 0 Å². The first-order chi connectivity index (χ1) is 11.4. The number of amides is 2. The summed E-state index contributed by atoms with van der Waals surface area (Å²) in [5.74, 6) is -1.95. The third kappa shape index (κ3) is 4.85. The van der Waals surface area contributed by atoms with Crippen LogP contribution in [0.5, 0.6) is 0 Å². The second-order valence-electron chi connectivity index (χ2n) is 4.41. The molecule has 2 N–H and O–H groups in total. The monoisotopic (exact) mass is 403 g/mol. The molecule has 5 nitrogen and oxygen atoms in total. The molecular formula is C15H9Cl4N3O2. The maximum absolute atomic E-state index is 11.8. The lowest BCUT2D eigenvalue weighted by molar-refractivity contribution is -0.136. The molecule has 0 aliphatic carbocycles. The Bertz CT molecular complexity index is 804. The average molecular weight is 405 g/mol. The van der Waals surface area contributed by atoms with Crippen LogP contribution >= 0.6 is 46.4 Å². The van der Waals surface area contributed by atoms with E-state index in [1.165, 1.54) is 18.3 Å². The highest BCUT2D eigenvalue weighted by Crippen LogP contribution is 2.25. The minimum atomic E-state index is -0.995. The molecule has 124 valence electrons. The zero-order valence-corrected chi connectivity index (χ0v) is 14.8. The Labute approximate surface area is 157 Å². The molecule has 2 rings (SSSR count). The smallest absolute Gasteiger partial charge is 0.316 e. The van der Waals surface area contributed by atoms with E-state index in [-0.39, 0.29) is 10.7 Å². The third-order valence-electron chi connectivity index (χ3n) is 2.74. The summed E-state index contributed by atoms with van der Waals surface area (Å²) in [6.07, 6.45) is 1.24. The van der Waals surface area contributed by atoms with E-state index < -0.39 is 11.8 Å². The predicted octanol–water partition coefficient (Wildman–Crippen LogP) is 4.39. The molecule has 0 heterocycles. The van der Waals surface area contributed by atoms with Crippen molar-refractivity contribution in [1.29, 1.82) is 0 Å². The summed E-state index contributed by atoms with van der Waals surface area (Å²) < 4.78 is 0. The number of halogens is 4. The number of carbonyl (C=O) groups excluding carboxylic acids is 2. The first-order valence-electron chi connectivity index (χ1n) is 6.42. The second kappa shape index (κ2) is 8.35. The van der Waals surface area contributed by atoms with E-state index in [0.29, 0.717) is 20.6 Å². The van der Waals surface area contributed by atoms with Crippen molar-refractivity contribution in [3.63, 3.8) is 0 Å². The number of hydrazone groups is 1. The predicted molar refractivity (Wildman–Crippen MR) is 97.3 cm³/mol. The van der Waals surface area contributed by atoms with Crippen molar-refractivity contribution in [3.8, 4) is 0 Å². The summed E-state index contributed by atoms with van der Waals surface area (Å²) >= 11 is 23.6. The molecule has 2 aromatic rings. The van der Waals surface area contributed by atoms with Gasteiger partial charge in [-0.15, -0.1) is 0 Å². The summed E-state index contributed by atoms with van der Waals surface area (Å²) in [5, 5.41) is 7.30. The van der Waals surface area contributed by atoms with Crippen LogP contribution in [0.15, 0.2) is 41.5 Å². The molecule has 0 bridgehead atoms. The fourth-order valence-electron chi connectivity index (χ4n) is 1.61. The van der Waals surface area contributed by atoms with Gasteiger partial charge in [0.1, 0.15) is 0 Å². The first kappa shape index (κ1) is 18.5. The van der Waals surface area contributed by atoms with E-state index in [1.54, 1.807) is 24.3 Å². The number of carbonyl (C=O) groups is 2. The van der Waals surface area contributed by atoms with Crippen LogP contribution in [0.25, 0.3) is 0 Å².